The number of nitrogens with zero attached hydrogens (tertiary/aromatic N) is 1. The Hall–Kier alpha value is -1.36. The fourth-order valence-corrected chi connectivity index (χ4v) is 2.85. The molecule has 0 aromatic heterocycles. The van der Waals surface area contributed by atoms with Gasteiger partial charge in [0.1, 0.15) is 0 Å². The zero-order valence-corrected chi connectivity index (χ0v) is 13.0. The van der Waals surface area contributed by atoms with Gasteiger partial charge in [-0.05, 0) is 36.5 Å². The number of hydrogen-bond acceptors (Lipinski definition) is 2. The van der Waals surface area contributed by atoms with Crippen LogP contribution in [0.2, 0.25) is 0 Å². The van der Waals surface area contributed by atoms with Crippen LogP contribution in [0.5, 0.6) is 0 Å². The largest absolute Gasteiger partial charge is 0.481 e. The topological polar surface area (TPSA) is 57.6 Å². The second-order valence-corrected chi connectivity index (χ2v) is 6.18. The van der Waals surface area contributed by atoms with E-state index in [4.69, 9.17) is 5.11 Å². The van der Waals surface area contributed by atoms with E-state index in [1.807, 2.05) is 18.2 Å². The van der Waals surface area contributed by atoms with Crippen molar-refractivity contribution in [1.29, 1.82) is 0 Å². The number of carbonyl (C=O) groups excluding carboxylic acids is 1. The maximum absolute atomic E-state index is 12.2. The second kappa shape index (κ2) is 6.39. The van der Waals surface area contributed by atoms with Crippen molar-refractivity contribution in [3.05, 3.63) is 34.3 Å². The summed E-state index contributed by atoms with van der Waals surface area (Å²) in [6.07, 6.45) is 1.50. The van der Waals surface area contributed by atoms with Gasteiger partial charge >= 0.3 is 5.97 Å². The molecule has 0 bridgehead atoms. The number of hydrogen-bond donors (Lipinski definition) is 1. The third kappa shape index (κ3) is 3.82. The highest BCUT2D eigenvalue weighted by molar-refractivity contribution is 9.10. The van der Waals surface area contributed by atoms with Gasteiger partial charge in [0.05, 0.1) is 0 Å². The molecule has 1 aliphatic rings. The van der Waals surface area contributed by atoms with Crippen molar-refractivity contribution in [3.63, 3.8) is 0 Å². The average molecular weight is 340 g/mol. The molecule has 1 aromatic carbocycles. The highest BCUT2D eigenvalue weighted by atomic mass is 79.9. The second-order valence-electron chi connectivity index (χ2n) is 5.26. The first-order valence-corrected chi connectivity index (χ1v) is 7.50. The van der Waals surface area contributed by atoms with Crippen LogP contribution < -0.4 is 0 Å². The number of halogens is 1. The Bertz CT molecular complexity index is 518. The Labute approximate surface area is 126 Å². The molecule has 108 valence electrons. The van der Waals surface area contributed by atoms with Crippen LogP contribution in [0.4, 0.5) is 0 Å². The van der Waals surface area contributed by atoms with Crippen LogP contribution in [0.1, 0.15) is 30.7 Å². The molecule has 1 amide bonds. The molecule has 2 unspecified atom stereocenters. The Balaban J connectivity index is 1.84. The SMILES string of the molecule is CN(CCCC(=O)O)C(=O)C1CC1c1cccc(Br)c1. The summed E-state index contributed by atoms with van der Waals surface area (Å²) in [5.41, 5.74) is 1.19. The van der Waals surface area contributed by atoms with E-state index in [0.717, 1.165) is 10.9 Å². The van der Waals surface area contributed by atoms with Gasteiger partial charge in [0, 0.05) is 30.4 Å². The molecular formula is C15H18BrNO3. The van der Waals surface area contributed by atoms with Crippen molar-refractivity contribution in [3.8, 4) is 0 Å². The highest BCUT2D eigenvalue weighted by Gasteiger charge is 2.45. The lowest BCUT2D eigenvalue weighted by Gasteiger charge is -2.16. The summed E-state index contributed by atoms with van der Waals surface area (Å²) in [7, 11) is 1.75. The van der Waals surface area contributed by atoms with Crippen molar-refractivity contribution in [2.24, 2.45) is 5.92 Å². The van der Waals surface area contributed by atoms with Crippen LogP contribution >= 0.6 is 15.9 Å². The number of rotatable bonds is 6. The van der Waals surface area contributed by atoms with Gasteiger partial charge in [-0.3, -0.25) is 9.59 Å². The molecule has 2 rings (SSSR count). The maximum Gasteiger partial charge on any atom is 0.303 e. The molecule has 1 aromatic rings. The summed E-state index contributed by atoms with van der Waals surface area (Å²) in [4.78, 5) is 24.3. The van der Waals surface area contributed by atoms with E-state index in [1.165, 1.54) is 5.56 Å². The van der Waals surface area contributed by atoms with Crippen LogP contribution in [0, 0.1) is 5.92 Å². The molecule has 0 heterocycles. The maximum atomic E-state index is 12.2. The van der Waals surface area contributed by atoms with E-state index in [1.54, 1.807) is 11.9 Å². The van der Waals surface area contributed by atoms with Gasteiger partial charge in [-0.1, -0.05) is 28.1 Å². The fraction of sp³-hybridized carbons (Fsp3) is 0.467. The number of aliphatic carboxylic acids is 1. The van der Waals surface area contributed by atoms with Crippen molar-refractivity contribution >= 4 is 27.8 Å². The first kappa shape index (κ1) is 15.0. The van der Waals surface area contributed by atoms with Crippen molar-refractivity contribution in [1.82, 2.24) is 4.90 Å². The van der Waals surface area contributed by atoms with Gasteiger partial charge in [-0.15, -0.1) is 0 Å². The molecule has 1 aliphatic carbocycles. The Morgan fingerprint density at radius 1 is 1.45 bits per heavy atom. The summed E-state index contributed by atoms with van der Waals surface area (Å²) in [6.45, 7) is 0.507. The molecule has 0 saturated heterocycles. The minimum atomic E-state index is -0.815. The van der Waals surface area contributed by atoms with E-state index in [2.05, 4.69) is 22.0 Å². The van der Waals surface area contributed by atoms with E-state index in [-0.39, 0.29) is 18.2 Å². The molecule has 0 aliphatic heterocycles. The molecule has 1 fully saturated rings. The van der Waals surface area contributed by atoms with Crippen molar-refractivity contribution in [2.45, 2.75) is 25.2 Å². The lowest BCUT2D eigenvalue weighted by atomic mass is 10.1. The predicted octanol–water partition coefficient (Wildman–Crippen LogP) is 2.88. The normalized spacial score (nSPS) is 20.5. The number of amides is 1. The molecule has 20 heavy (non-hydrogen) atoms. The first-order valence-electron chi connectivity index (χ1n) is 6.71. The monoisotopic (exact) mass is 339 g/mol. The van der Waals surface area contributed by atoms with Gasteiger partial charge in [0.25, 0.3) is 0 Å². The third-order valence-corrected chi connectivity index (χ3v) is 4.14. The molecular weight excluding hydrogens is 322 g/mol. The first-order chi connectivity index (χ1) is 9.49. The minimum absolute atomic E-state index is 0.0547. The summed E-state index contributed by atoms with van der Waals surface area (Å²) in [5, 5.41) is 8.60. The van der Waals surface area contributed by atoms with Gasteiger partial charge < -0.3 is 10.0 Å². The lowest BCUT2D eigenvalue weighted by molar-refractivity contribution is -0.138. The predicted molar refractivity (Wildman–Crippen MR) is 79.5 cm³/mol. The zero-order valence-electron chi connectivity index (χ0n) is 11.4. The van der Waals surface area contributed by atoms with Crippen LogP contribution in [0.15, 0.2) is 28.7 Å². The van der Waals surface area contributed by atoms with Gasteiger partial charge in [-0.2, -0.15) is 0 Å². The smallest absolute Gasteiger partial charge is 0.303 e. The van der Waals surface area contributed by atoms with Crippen LogP contribution in [0.25, 0.3) is 0 Å². The van der Waals surface area contributed by atoms with Crippen molar-refractivity contribution in [2.75, 3.05) is 13.6 Å². The summed E-state index contributed by atoms with van der Waals surface area (Å²) in [5.74, 6) is -0.328. The molecule has 1 saturated carbocycles. The Kier molecular flexibility index (Phi) is 4.81. The molecule has 0 radical (unpaired) electrons. The van der Waals surface area contributed by atoms with Crippen molar-refractivity contribution < 1.29 is 14.7 Å². The number of carboxylic acids is 1. The van der Waals surface area contributed by atoms with Crippen LogP contribution in [0.3, 0.4) is 0 Å². The summed E-state index contributed by atoms with van der Waals surface area (Å²) >= 11 is 3.44. The molecule has 0 spiro atoms. The van der Waals surface area contributed by atoms with E-state index in [0.29, 0.717) is 18.9 Å². The zero-order chi connectivity index (χ0) is 14.7. The van der Waals surface area contributed by atoms with Gasteiger partial charge in [-0.25, -0.2) is 0 Å². The van der Waals surface area contributed by atoms with Crippen LogP contribution in [-0.4, -0.2) is 35.5 Å². The summed E-state index contributed by atoms with van der Waals surface area (Å²) < 4.78 is 1.03. The highest BCUT2D eigenvalue weighted by Crippen LogP contribution is 2.48. The number of carboxylic acid groups (broad SMARTS) is 1. The van der Waals surface area contributed by atoms with E-state index in [9.17, 15) is 9.59 Å². The number of benzene rings is 1. The Morgan fingerprint density at radius 2 is 2.20 bits per heavy atom. The van der Waals surface area contributed by atoms with E-state index >= 15 is 0 Å². The molecule has 4 nitrogen and oxygen atoms in total. The average Bonchev–Trinajstić information content (AvgIpc) is 3.17. The van der Waals surface area contributed by atoms with Gasteiger partial charge in [0.2, 0.25) is 5.91 Å². The van der Waals surface area contributed by atoms with E-state index < -0.39 is 5.97 Å². The summed E-state index contributed by atoms with van der Waals surface area (Å²) in [6, 6.07) is 8.06. The minimum Gasteiger partial charge on any atom is -0.481 e. The quantitative estimate of drug-likeness (QED) is 0.866. The van der Waals surface area contributed by atoms with Gasteiger partial charge in [0.15, 0.2) is 0 Å². The molecule has 2 atom stereocenters. The molecule has 5 heteroatoms. The molecule has 1 N–H and O–H groups in total. The standard InChI is InChI=1S/C15H18BrNO3/c1-17(7-3-6-14(18)19)15(20)13-9-12(13)10-4-2-5-11(16)8-10/h2,4-5,8,12-13H,3,6-7,9H2,1H3,(H,18,19). The Morgan fingerprint density at radius 3 is 2.85 bits per heavy atom. The van der Waals surface area contributed by atoms with Crippen LogP contribution in [-0.2, 0) is 9.59 Å². The third-order valence-electron chi connectivity index (χ3n) is 3.64. The lowest BCUT2D eigenvalue weighted by Crippen LogP contribution is -2.29. The number of carbonyl (C=O) groups is 2. The fourth-order valence-electron chi connectivity index (χ4n) is 2.43.